The Bertz CT molecular complexity index is 195. The van der Waals surface area contributed by atoms with E-state index >= 15 is 0 Å². The van der Waals surface area contributed by atoms with Crippen LogP contribution in [0.3, 0.4) is 0 Å². The van der Waals surface area contributed by atoms with Gasteiger partial charge >= 0.3 is 23.0 Å². The molecule has 0 aromatic carbocycles. The number of nitrogens with two attached hydrogens (primary N) is 1. The van der Waals surface area contributed by atoms with Crippen molar-refractivity contribution in [2.24, 2.45) is 11.7 Å². The van der Waals surface area contributed by atoms with Crippen molar-refractivity contribution in [3.63, 3.8) is 0 Å². The van der Waals surface area contributed by atoms with Crippen LogP contribution in [0.1, 0.15) is 64.2 Å². The quantitative estimate of drug-likeness (QED) is 0.615. The third-order valence-corrected chi connectivity index (χ3v) is 3.63. The van der Waals surface area contributed by atoms with Crippen LogP contribution < -0.4 is 5.73 Å². The van der Waals surface area contributed by atoms with Crippen LogP contribution in [-0.2, 0) is 21.9 Å². The predicted octanol–water partition coefficient (Wildman–Crippen LogP) is 3.83. The summed E-state index contributed by atoms with van der Waals surface area (Å²) < 4.78 is 0. The molecule has 2 saturated carbocycles. The second-order valence-corrected chi connectivity index (χ2v) is 5.10. The molecule has 116 valence electrons. The number of carboxylic acids is 1. The largest absolute Gasteiger partial charge is 2.00 e. The van der Waals surface area contributed by atoms with Gasteiger partial charge in [0.1, 0.15) is 6.04 Å². The topological polar surface area (TPSA) is 63.3 Å². The Hall–Kier alpha value is -0.0505. The first-order valence-electron chi connectivity index (χ1n) is 6.68. The van der Waals surface area contributed by atoms with Gasteiger partial charge in [-0.25, -0.2) is 0 Å². The van der Waals surface area contributed by atoms with Crippen LogP contribution in [0.5, 0.6) is 0 Å². The molecule has 0 radical (unpaired) electrons. The summed E-state index contributed by atoms with van der Waals surface area (Å²) in [5.41, 5.74) is 5.40. The Morgan fingerprint density at radius 2 is 1.37 bits per heavy atom. The Kier molecular flexibility index (Phi) is 18.1. The number of carbonyl (C=O) groups is 1. The molecule has 0 heterocycles. The van der Waals surface area contributed by atoms with Crippen LogP contribution in [0.15, 0.2) is 0 Å². The Balaban J connectivity index is -0.000000277. The summed E-state index contributed by atoms with van der Waals surface area (Å²) >= 11 is 0. The van der Waals surface area contributed by atoms with Gasteiger partial charge in [-0.3, -0.25) is 4.79 Å². The smallest absolute Gasteiger partial charge is 0.480 e. The zero-order valence-electron chi connectivity index (χ0n) is 12.5. The van der Waals surface area contributed by atoms with E-state index in [1.54, 1.807) is 0 Å². The maximum Gasteiger partial charge on any atom is 2.00 e. The summed E-state index contributed by atoms with van der Waals surface area (Å²) in [7, 11) is 0. The van der Waals surface area contributed by atoms with Gasteiger partial charge in [0, 0.05) is 0 Å². The average Bonchev–Trinajstić information content (AvgIpc) is 2.92. The SMILES string of the molecule is C1CCCC1.NC(CC1CCCC1)C(=O)O.[CH3-].[CH3-].[Fe+2]. The van der Waals surface area contributed by atoms with Crippen molar-refractivity contribution in [3.8, 4) is 0 Å². The number of hydrogen-bond acceptors (Lipinski definition) is 2. The molecule has 2 aliphatic carbocycles. The van der Waals surface area contributed by atoms with Crippen LogP contribution >= 0.6 is 0 Å². The summed E-state index contributed by atoms with van der Waals surface area (Å²) in [6.07, 6.45) is 13.0. The van der Waals surface area contributed by atoms with Crippen LogP contribution in [0.2, 0.25) is 0 Å². The third-order valence-electron chi connectivity index (χ3n) is 3.63. The van der Waals surface area contributed by atoms with Crippen molar-refractivity contribution in [2.45, 2.75) is 70.3 Å². The van der Waals surface area contributed by atoms with Gasteiger partial charge in [0.2, 0.25) is 0 Å². The van der Waals surface area contributed by atoms with E-state index < -0.39 is 12.0 Å². The minimum Gasteiger partial charge on any atom is -0.480 e. The normalized spacial score (nSPS) is 19.0. The zero-order valence-corrected chi connectivity index (χ0v) is 13.6. The van der Waals surface area contributed by atoms with E-state index in [1.165, 1.54) is 57.8 Å². The summed E-state index contributed by atoms with van der Waals surface area (Å²) in [5.74, 6) is -0.294. The van der Waals surface area contributed by atoms with Gasteiger partial charge in [-0.15, -0.1) is 0 Å². The number of aliphatic carboxylic acids is 1. The Morgan fingerprint density at radius 1 is 1.00 bits per heavy atom. The summed E-state index contributed by atoms with van der Waals surface area (Å²) in [4.78, 5) is 10.4. The minimum absolute atomic E-state index is 0. The summed E-state index contributed by atoms with van der Waals surface area (Å²) in [5, 5.41) is 8.52. The first-order valence-corrected chi connectivity index (χ1v) is 6.68. The molecule has 0 aliphatic heterocycles. The number of hydrogen-bond donors (Lipinski definition) is 2. The van der Waals surface area contributed by atoms with Crippen molar-refractivity contribution in [1.29, 1.82) is 0 Å². The van der Waals surface area contributed by atoms with Crippen molar-refractivity contribution in [3.05, 3.63) is 14.9 Å². The van der Waals surface area contributed by atoms with Crippen LogP contribution in [0.25, 0.3) is 0 Å². The molecule has 3 N–H and O–H groups in total. The van der Waals surface area contributed by atoms with Gasteiger partial charge in [0.05, 0.1) is 0 Å². The van der Waals surface area contributed by atoms with E-state index in [0.717, 1.165) is 0 Å². The summed E-state index contributed by atoms with van der Waals surface area (Å²) in [6, 6.07) is -0.641. The second kappa shape index (κ2) is 14.4. The maximum atomic E-state index is 10.4. The second-order valence-electron chi connectivity index (χ2n) is 5.10. The molecule has 19 heavy (non-hydrogen) atoms. The Morgan fingerprint density at radius 3 is 1.68 bits per heavy atom. The van der Waals surface area contributed by atoms with Crippen molar-refractivity contribution < 1.29 is 27.0 Å². The standard InChI is InChI=1S/C8H15NO2.C5H10.2CH3.Fe/c9-7(8(10)11)5-6-3-1-2-4-6;1-2-4-5-3-1;;;/h6-7H,1-5,9H2,(H,10,11);1-5H2;2*1H3;/q;;2*-1;+2. The average molecular weight is 313 g/mol. The molecular weight excluding hydrogens is 282 g/mol. The molecule has 2 fully saturated rings. The van der Waals surface area contributed by atoms with Gasteiger partial charge in [0.15, 0.2) is 0 Å². The van der Waals surface area contributed by atoms with E-state index in [0.29, 0.717) is 12.3 Å². The fourth-order valence-corrected chi connectivity index (χ4v) is 2.59. The molecule has 2 rings (SSSR count). The van der Waals surface area contributed by atoms with E-state index in [4.69, 9.17) is 10.8 Å². The van der Waals surface area contributed by atoms with Crippen LogP contribution in [0.4, 0.5) is 0 Å². The molecule has 1 unspecified atom stereocenters. The fraction of sp³-hybridized carbons (Fsp3) is 0.800. The molecule has 0 aromatic heterocycles. The van der Waals surface area contributed by atoms with E-state index in [9.17, 15) is 4.79 Å². The molecule has 0 bridgehead atoms. The Labute approximate surface area is 130 Å². The number of carboxylic acid groups (broad SMARTS) is 1. The van der Waals surface area contributed by atoms with E-state index in [-0.39, 0.29) is 31.9 Å². The van der Waals surface area contributed by atoms with Gasteiger partial charge in [0.25, 0.3) is 0 Å². The molecule has 0 aromatic rings. The van der Waals surface area contributed by atoms with E-state index in [1.807, 2.05) is 0 Å². The van der Waals surface area contributed by atoms with Gasteiger partial charge in [-0.1, -0.05) is 57.8 Å². The first-order chi connectivity index (χ1) is 7.70. The van der Waals surface area contributed by atoms with Crippen molar-refractivity contribution in [2.75, 3.05) is 0 Å². The van der Waals surface area contributed by atoms with Gasteiger partial charge in [-0.05, 0) is 12.3 Å². The van der Waals surface area contributed by atoms with Crippen LogP contribution in [-0.4, -0.2) is 17.1 Å². The molecule has 0 amide bonds. The molecule has 4 heteroatoms. The molecule has 3 nitrogen and oxygen atoms in total. The summed E-state index contributed by atoms with van der Waals surface area (Å²) in [6.45, 7) is 0. The van der Waals surface area contributed by atoms with Gasteiger partial charge in [-0.2, -0.15) is 0 Å². The predicted molar refractivity (Wildman–Crippen MR) is 78.1 cm³/mol. The number of rotatable bonds is 3. The van der Waals surface area contributed by atoms with Crippen LogP contribution in [0, 0.1) is 20.8 Å². The minimum atomic E-state index is -0.864. The van der Waals surface area contributed by atoms with Gasteiger partial charge < -0.3 is 25.7 Å². The molecule has 0 saturated heterocycles. The van der Waals surface area contributed by atoms with E-state index in [2.05, 4.69) is 0 Å². The molecule has 0 spiro atoms. The molecule has 2 aliphatic rings. The van der Waals surface area contributed by atoms with Crippen molar-refractivity contribution in [1.82, 2.24) is 0 Å². The third kappa shape index (κ3) is 11.5. The fourth-order valence-electron chi connectivity index (χ4n) is 2.59. The monoisotopic (exact) mass is 313 g/mol. The zero-order chi connectivity index (χ0) is 11.8. The first kappa shape index (κ1) is 24.0. The van der Waals surface area contributed by atoms with Crippen molar-refractivity contribution >= 4 is 5.97 Å². The molecular formula is C15H31FeNO2. The molecule has 1 atom stereocenters. The maximum absolute atomic E-state index is 10.4.